The first-order valence-electron chi connectivity index (χ1n) is 12.3. The van der Waals surface area contributed by atoms with E-state index in [9.17, 15) is 4.79 Å². The summed E-state index contributed by atoms with van der Waals surface area (Å²) in [5, 5.41) is 7.45. The molecule has 1 aliphatic carbocycles. The minimum atomic E-state index is -0.156. The van der Waals surface area contributed by atoms with Crippen LogP contribution < -0.4 is 21.3 Å². The first kappa shape index (κ1) is 21.6. The van der Waals surface area contributed by atoms with Crippen molar-refractivity contribution >= 4 is 34.0 Å². The molecule has 6 heteroatoms. The highest BCUT2D eigenvalue weighted by Crippen LogP contribution is 2.43. The molecule has 2 aliphatic rings. The Balaban J connectivity index is 1.32. The van der Waals surface area contributed by atoms with Crippen LogP contribution in [0.5, 0.6) is 0 Å². The van der Waals surface area contributed by atoms with E-state index in [1.54, 1.807) is 0 Å². The maximum absolute atomic E-state index is 13.4. The van der Waals surface area contributed by atoms with Crippen LogP contribution in [0.15, 0.2) is 72.8 Å². The summed E-state index contributed by atoms with van der Waals surface area (Å²) < 4.78 is 0. The standard InChI is InChI=1S/C29H29N5O/c30-25-10-8-21(19-4-2-1-3-5-19)18-26(25)32-29(35)23-16-22-9-11-27(34-14-12-31-13-15-34)33-28(22)24(17-23)20-6-7-20/h1-5,8-11,16-18,20,31H,6-7,12-15,30H2,(H,32,35). The van der Waals surface area contributed by atoms with Crippen LogP contribution in [-0.4, -0.2) is 37.1 Å². The number of pyridine rings is 1. The first-order chi connectivity index (χ1) is 17.2. The smallest absolute Gasteiger partial charge is 0.255 e. The third kappa shape index (κ3) is 4.45. The highest BCUT2D eigenvalue weighted by molar-refractivity contribution is 6.08. The molecule has 0 radical (unpaired) electrons. The summed E-state index contributed by atoms with van der Waals surface area (Å²) in [6.45, 7) is 3.87. The van der Waals surface area contributed by atoms with Crippen LogP contribution in [0.1, 0.15) is 34.7 Å². The number of hydrogen-bond donors (Lipinski definition) is 3. The maximum Gasteiger partial charge on any atom is 0.255 e. The van der Waals surface area contributed by atoms with E-state index < -0.39 is 0 Å². The molecular formula is C29H29N5O. The van der Waals surface area contributed by atoms with Crippen molar-refractivity contribution in [1.29, 1.82) is 0 Å². The number of amides is 1. The van der Waals surface area contributed by atoms with Crippen molar-refractivity contribution < 1.29 is 4.79 Å². The van der Waals surface area contributed by atoms with Crippen molar-refractivity contribution in [2.75, 3.05) is 42.1 Å². The van der Waals surface area contributed by atoms with Gasteiger partial charge < -0.3 is 21.3 Å². The van der Waals surface area contributed by atoms with Gasteiger partial charge >= 0.3 is 0 Å². The predicted octanol–water partition coefficient (Wildman–Crippen LogP) is 5.02. The van der Waals surface area contributed by atoms with Crippen LogP contribution in [0, 0.1) is 0 Å². The Morgan fingerprint density at radius 3 is 2.51 bits per heavy atom. The third-order valence-electron chi connectivity index (χ3n) is 6.94. The number of fused-ring (bicyclic) bond motifs is 1. The molecule has 0 spiro atoms. The third-order valence-corrected chi connectivity index (χ3v) is 6.94. The quantitative estimate of drug-likeness (QED) is 0.362. The second-order valence-electron chi connectivity index (χ2n) is 9.44. The summed E-state index contributed by atoms with van der Waals surface area (Å²) in [5.41, 5.74) is 12.3. The highest BCUT2D eigenvalue weighted by atomic mass is 16.1. The number of aromatic nitrogens is 1. The average Bonchev–Trinajstić information content (AvgIpc) is 3.75. The van der Waals surface area contributed by atoms with Crippen LogP contribution in [0.25, 0.3) is 22.0 Å². The van der Waals surface area contributed by atoms with E-state index in [-0.39, 0.29) is 5.91 Å². The molecule has 4 N–H and O–H groups in total. The van der Waals surface area contributed by atoms with Crippen LogP contribution in [0.2, 0.25) is 0 Å². The fourth-order valence-corrected chi connectivity index (χ4v) is 4.83. The van der Waals surface area contributed by atoms with Gasteiger partial charge in [0.2, 0.25) is 0 Å². The molecule has 0 unspecified atom stereocenters. The molecule has 3 aromatic carbocycles. The number of anilines is 3. The number of nitrogen functional groups attached to an aromatic ring is 1. The molecule has 1 saturated carbocycles. The summed E-state index contributed by atoms with van der Waals surface area (Å²) in [4.78, 5) is 20.7. The molecule has 35 heavy (non-hydrogen) atoms. The molecule has 6 nitrogen and oxygen atoms in total. The molecule has 6 rings (SSSR count). The zero-order valence-corrected chi connectivity index (χ0v) is 19.6. The fourth-order valence-electron chi connectivity index (χ4n) is 4.83. The highest BCUT2D eigenvalue weighted by Gasteiger charge is 2.28. The zero-order valence-electron chi connectivity index (χ0n) is 19.6. The lowest BCUT2D eigenvalue weighted by molar-refractivity contribution is 0.102. The van der Waals surface area contributed by atoms with Gasteiger partial charge in [0.1, 0.15) is 5.82 Å². The second-order valence-corrected chi connectivity index (χ2v) is 9.44. The van der Waals surface area contributed by atoms with Crippen molar-refractivity contribution in [2.24, 2.45) is 0 Å². The predicted molar refractivity (Wildman–Crippen MR) is 143 cm³/mol. The van der Waals surface area contributed by atoms with Crippen LogP contribution in [0.3, 0.4) is 0 Å². The first-order valence-corrected chi connectivity index (χ1v) is 12.3. The Morgan fingerprint density at radius 1 is 0.943 bits per heavy atom. The van der Waals surface area contributed by atoms with E-state index in [0.717, 1.165) is 66.9 Å². The minimum Gasteiger partial charge on any atom is -0.397 e. The van der Waals surface area contributed by atoms with Crippen LogP contribution in [-0.2, 0) is 0 Å². The molecule has 1 aromatic heterocycles. The van der Waals surface area contributed by atoms with E-state index in [2.05, 4.69) is 27.7 Å². The topological polar surface area (TPSA) is 83.3 Å². The van der Waals surface area contributed by atoms with Gasteiger partial charge in [-0.25, -0.2) is 4.98 Å². The van der Waals surface area contributed by atoms with Gasteiger partial charge in [0.25, 0.3) is 5.91 Å². The number of rotatable bonds is 5. The Morgan fingerprint density at radius 2 is 1.74 bits per heavy atom. The number of carbonyl (C=O) groups is 1. The monoisotopic (exact) mass is 463 g/mol. The van der Waals surface area contributed by atoms with Gasteiger partial charge in [0.15, 0.2) is 0 Å². The molecule has 1 aliphatic heterocycles. The number of nitrogens with zero attached hydrogens (tertiary/aromatic N) is 2. The van der Waals surface area contributed by atoms with E-state index in [1.807, 2.05) is 60.7 Å². The van der Waals surface area contributed by atoms with Crippen LogP contribution >= 0.6 is 0 Å². The number of benzene rings is 3. The molecule has 2 fully saturated rings. The summed E-state index contributed by atoms with van der Waals surface area (Å²) in [6.07, 6.45) is 2.29. The number of carbonyl (C=O) groups excluding carboxylic acids is 1. The Bertz CT molecular complexity index is 1390. The number of hydrogen-bond acceptors (Lipinski definition) is 5. The summed E-state index contributed by atoms with van der Waals surface area (Å²) >= 11 is 0. The van der Waals surface area contributed by atoms with Crippen molar-refractivity contribution in [2.45, 2.75) is 18.8 Å². The molecular weight excluding hydrogens is 434 g/mol. The Labute approximate surface area is 205 Å². The molecule has 1 saturated heterocycles. The van der Waals surface area contributed by atoms with Crippen molar-refractivity contribution in [3.8, 4) is 11.1 Å². The molecule has 0 bridgehead atoms. The number of nitrogens with one attached hydrogen (secondary N) is 2. The van der Waals surface area contributed by atoms with Gasteiger partial charge in [-0.2, -0.15) is 0 Å². The van der Waals surface area contributed by atoms with Crippen molar-refractivity contribution in [3.63, 3.8) is 0 Å². The Hall–Kier alpha value is -3.90. The second kappa shape index (κ2) is 9.04. The molecule has 0 atom stereocenters. The molecule has 176 valence electrons. The molecule has 4 aromatic rings. The summed E-state index contributed by atoms with van der Waals surface area (Å²) in [7, 11) is 0. The largest absolute Gasteiger partial charge is 0.397 e. The average molecular weight is 464 g/mol. The van der Waals surface area contributed by atoms with Gasteiger partial charge in [0.05, 0.1) is 16.9 Å². The Kier molecular flexibility index (Phi) is 5.58. The van der Waals surface area contributed by atoms with E-state index >= 15 is 0 Å². The van der Waals surface area contributed by atoms with Gasteiger partial charge in [0, 0.05) is 37.1 Å². The summed E-state index contributed by atoms with van der Waals surface area (Å²) in [6, 6.07) is 24.0. The van der Waals surface area contributed by atoms with Gasteiger partial charge in [-0.05, 0) is 71.8 Å². The van der Waals surface area contributed by atoms with Gasteiger partial charge in [-0.15, -0.1) is 0 Å². The summed E-state index contributed by atoms with van der Waals surface area (Å²) in [5.74, 6) is 1.34. The van der Waals surface area contributed by atoms with Crippen LogP contribution in [0.4, 0.5) is 17.2 Å². The zero-order chi connectivity index (χ0) is 23.8. The SMILES string of the molecule is Nc1ccc(-c2ccccc2)cc1NC(=O)c1cc(C2CC2)c2nc(N3CCNCC3)ccc2c1. The van der Waals surface area contributed by atoms with E-state index in [4.69, 9.17) is 10.7 Å². The normalized spacial score (nSPS) is 15.8. The number of nitrogens with two attached hydrogens (primary N) is 1. The number of piperazine rings is 1. The molecule has 1 amide bonds. The van der Waals surface area contributed by atoms with E-state index in [1.165, 1.54) is 5.56 Å². The minimum absolute atomic E-state index is 0.156. The fraction of sp³-hybridized carbons (Fsp3) is 0.241. The van der Waals surface area contributed by atoms with E-state index in [0.29, 0.717) is 22.9 Å². The lowest BCUT2D eigenvalue weighted by atomic mass is 10.0. The lowest BCUT2D eigenvalue weighted by Gasteiger charge is -2.28. The van der Waals surface area contributed by atoms with Crippen molar-refractivity contribution in [1.82, 2.24) is 10.3 Å². The lowest BCUT2D eigenvalue weighted by Crippen LogP contribution is -2.43. The van der Waals surface area contributed by atoms with Gasteiger partial charge in [-0.1, -0.05) is 36.4 Å². The molecule has 2 heterocycles. The van der Waals surface area contributed by atoms with Gasteiger partial charge in [-0.3, -0.25) is 4.79 Å². The van der Waals surface area contributed by atoms with Crippen molar-refractivity contribution in [3.05, 3.63) is 83.9 Å². The maximum atomic E-state index is 13.4.